The quantitative estimate of drug-likeness (QED) is 0.362. The Kier molecular flexibility index (Phi) is 5.96. The standard InChI is InChI=1S/C13H16N2OS/c1-3-5-6-11(4-2)7-8-13-14-9-12(17-13)10-15-16/h3-6,9-10,16H,2,7-8H2,1H3/b5-3-,11-6+,15-10+. The molecule has 1 N–H and O–H groups in total. The summed E-state index contributed by atoms with van der Waals surface area (Å²) in [7, 11) is 0. The number of rotatable bonds is 6. The second kappa shape index (κ2) is 7.57. The van der Waals surface area contributed by atoms with Crippen molar-refractivity contribution >= 4 is 17.6 Å². The molecule has 0 spiro atoms. The molecule has 90 valence electrons. The van der Waals surface area contributed by atoms with Crippen molar-refractivity contribution < 1.29 is 5.21 Å². The number of thiazole rings is 1. The van der Waals surface area contributed by atoms with Crippen LogP contribution in [0.3, 0.4) is 0 Å². The van der Waals surface area contributed by atoms with Crippen molar-refractivity contribution in [2.45, 2.75) is 19.8 Å². The maximum atomic E-state index is 8.40. The van der Waals surface area contributed by atoms with Gasteiger partial charge in [-0.25, -0.2) is 4.98 Å². The van der Waals surface area contributed by atoms with Crippen LogP contribution in [0.15, 0.2) is 47.8 Å². The van der Waals surface area contributed by atoms with Crippen LogP contribution in [0.5, 0.6) is 0 Å². The van der Waals surface area contributed by atoms with E-state index in [9.17, 15) is 0 Å². The molecule has 0 fully saturated rings. The van der Waals surface area contributed by atoms with Crippen molar-refractivity contribution in [3.8, 4) is 0 Å². The Hall–Kier alpha value is -1.68. The second-order valence-corrected chi connectivity index (χ2v) is 4.52. The fraction of sp³-hybridized carbons (Fsp3) is 0.231. The lowest BCUT2D eigenvalue weighted by atomic mass is 10.1. The zero-order chi connectivity index (χ0) is 12.5. The van der Waals surface area contributed by atoms with Gasteiger partial charge in [0.25, 0.3) is 0 Å². The summed E-state index contributed by atoms with van der Waals surface area (Å²) in [5.41, 5.74) is 1.19. The number of nitrogens with zero attached hydrogens (tertiary/aromatic N) is 2. The van der Waals surface area contributed by atoms with Crippen molar-refractivity contribution in [1.29, 1.82) is 0 Å². The third-order valence-electron chi connectivity index (χ3n) is 2.15. The average Bonchev–Trinajstić information content (AvgIpc) is 2.78. The van der Waals surface area contributed by atoms with Crippen LogP contribution >= 0.6 is 11.3 Å². The van der Waals surface area contributed by atoms with Crippen molar-refractivity contribution in [2.24, 2.45) is 5.16 Å². The Bertz CT molecular complexity index is 444. The molecule has 1 rings (SSSR count). The van der Waals surface area contributed by atoms with Crippen LogP contribution in [-0.2, 0) is 6.42 Å². The third kappa shape index (κ3) is 4.78. The van der Waals surface area contributed by atoms with Gasteiger partial charge in [-0.3, -0.25) is 0 Å². The van der Waals surface area contributed by atoms with E-state index in [-0.39, 0.29) is 0 Å². The fourth-order valence-electron chi connectivity index (χ4n) is 1.28. The van der Waals surface area contributed by atoms with E-state index in [4.69, 9.17) is 5.21 Å². The highest BCUT2D eigenvalue weighted by molar-refractivity contribution is 7.13. The molecule has 0 saturated carbocycles. The topological polar surface area (TPSA) is 45.5 Å². The van der Waals surface area contributed by atoms with Gasteiger partial charge in [-0.05, 0) is 18.9 Å². The number of oxime groups is 1. The molecule has 0 atom stereocenters. The minimum Gasteiger partial charge on any atom is -0.411 e. The zero-order valence-corrected chi connectivity index (χ0v) is 10.7. The lowest BCUT2D eigenvalue weighted by molar-refractivity contribution is 0.322. The maximum absolute atomic E-state index is 8.40. The molecule has 1 heterocycles. The highest BCUT2D eigenvalue weighted by Gasteiger charge is 2.01. The van der Waals surface area contributed by atoms with Crippen LogP contribution in [0.2, 0.25) is 0 Å². The van der Waals surface area contributed by atoms with Crippen LogP contribution in [0.1, 0.15) is 23.2 Å². The largest absolute Gasteiger partial charge is 0.411 e. The molecule has 0 aliphatic heterocycles. The maximum Gasteiger partial charge on any atom is 0.0934 e. The van der Waals surface area contributed by atoms with E-state index in [1.165, 1.54) is 23.1 Å². The van der Waals surface area contributed by atoms with E-state index in [0.29, 0.717) is 0 Å². The van der Waals surface area contributed by atoms with Gasteiger partial charge in [0.15, 0.2) is 0 Å². The van der Waals surface area contributed by atoms with Gasteiger partial charge in [0.05, 0.1) is 16.1 Å². The minimum atomic E-state index is 0.861. The molecule has 17 heavy (non-hydrogen) atoms. The first-order valence-corrected chi connectivity index (χ1v) is 6.18. The van der Waals surface area contributed by atoms with E-state index in [2.05, 4.69) is 22.8 Å². The van der Waals surface area contributed by atoms with E-state index in [0.717, 1.165) is 22.7 Å². The van der Waals surface area contributed by atoms with E-state index < -0.39 is 0 Å². The van der Waals surface area contributed by atoms with E-state index >= 15 is 0 Å². The third-order valence-corrected chi connectivity index (χ3v) is 3.14. The summed E-state index contributed by atoms with van der Waals surface area (Å²) in [6.07, 6.45) is 12.8. The molecular weight excluding hydrogens is 232 g/mol. The molecule has 0 bridgehead atoms. The molecule has 0 amide bonds. The number of allylic oxidation sites excluding steroid dienone is 5. The van der Waals surface area contributed by atoms with Gasteiger partial charge in [-0.2, -0.15) is 0 Å². The predicted molar refractivity (Wildman–Crippen MR) is 72.9 cm³/mol. The molecule has 0 unspecified atom stereocenters. The van der Waals surface area contributed by atoms with Gasteiger partial charge in [-0.1, -0.05) is 36.0 Å². The lowest BCUT2D eigenvalue weighted by Crippen LogP contribution is -1.85. The Balaban J connectivity index is 2.56. The highest BCUT2D eigenvalue weighted by atomic mass is 32.1. The summed E-state index contributed by atoms with van der Waals surface area (Å²) in [6, 6.07) is 0. The average molecular weight is 248 g/mol. The first kappa shape index (κ1) is 13.4. The van der Waals surface area contributed by atoms with E-state index in [1.807, 2.05) is 25.2 Å². The van der Waals surface area contributed by atoms with Crippen LogP contribution < -0.4 is 0 Å². The van der Waals surface area contributed by atoms with Crippen molar-refractivity contribution in [2.75, 3.05) is 0 Å². The summed E-state index contributed by atoms with van der Waals surface area (Å²) in [5.74, 6) is 0. The summed E-state index contributed by atoms with van der Waals surface area (Å²) < 4.78 is 0. The Morgan fingerprint density at radius 3 is 3.12 bits per heavy atom. The van der Waals surface area contributed by atoms with Crippen LogP contribution in [0.25, 0.3) is 0 Å². The Morgan fingerprint density at radius 2 is 2.47 bits per heavy atom. The van der Waals surface area contributed by atoms with E-state index in [1.54, 1.807) is 6.20 Å². The smallest absolute Gasteiger partial charge is 0.0934 e. The fourth-order valence-corrected chi connectivity index (χ4v) is 2.07. The summed E-state index contributed by atoms with van der Waals surface area (Å²) in [5, 5.41) is 12.4. The number of aryl methyl sites for hydroxylation is 1. The summed E-state index contributed by atoms with van der Waals surface area (Å²) in [6.45, 7) is 5.77. The Labute approximate surface area is 106 Å². The van der Waals surface area contributed by atoms with Crippen molar-refractivity contribution in [1.82, 2.24) is 4.98 Å². The van der Waals surface area contributed by atoms with Gasteiger partial charge in [-0.15, -0.1) is 11.3 Å². The highest BCUT2D eigenvalue weighted by Crippen LogP contribution is 2.15. The molecule has 0 aliphatic carbocycles. The summed E-state index contributed by atoms with van der Waals surface area (Å²) >= 11 is 1.53. The van der Waals surface area contributed by atoms with Crippen LogP contribution in [0.4, 0.5) is 0 Å². The molecule has 3 nitrogen and oxygen atoms in total. The van der Waals surface area contributed by atoms with Gasteiger partial charge in [0.2, 0.25) is 0 Å². The number of aromatic nitrogens is 1. The molecule has 0 aliphatic rings. The van der Waals surface area contributed by atoms with Crippen molar-refractivity contribution in [3.63, 3.8) is 0 Å². The van der Waals surface area contributed by atoms with Gasteiger partial charge in [0.1, 0.15) is 0 Å². The van der Waals surface area contributed by atoms with Crippen LogP contribution in [0, 0.1) is 0 Å². The molecule has 4 heteroatoms. The first-order valence-electron chi connectivity index (χ1n) is 5.36. The monoisotopic (exact) mass is 248 g/mol. The van der Waals surface area contributed by atoms with Gasteiger partial charge >= 0.3 is 0 Å². The van der Waals surface area contributed by atoms with Gasteiger partial charge in [0, 0.05) is 12.6 Å². The molecular formula is C13H16N2OS. The molecule has 0 aromatic carbocycles. The minimum absolute atomic E-state index is 0.861. The number of hydrogen-bond acceptors (Lipinski definition) is 4. The molecule has 0 saturated heterocycles. The van der Waals surface area contributed by atoms with Crippen LogP contribution in [-0.4, -0.2) is 16.4 Å². The molecule has 0 radical (unpaired) electrons. The molecule has 1 aromatic heterocycles. The Morgan fingerprint density at radius 1 is 1.65 bits per heavy atom. The summed E-state index contributed by atoms with van der Waals surface area (Å²) in [4.78, 5) is 5.12. The van der Waals surface area contributed by atoms with Crippen molar-refractivity contribution in [3.05, 3.63) is 52.5 Å². The number of hydrogen-bond donors (Lipinski definition) is 1. The predicted octanol–water partition coefficient (Wildman–Crippen LogP) is 3.57. The second-order valence-electron chi connectivity index (χ2n) is 3.37. The zero-order valence-electron chi connectivity index (χ0n) is 9.84. The normalized spacial score (nSPS) is 12.6. The SMILES string of the molecule is C=C/C(=C\C=C/C)CCc1ncc(/C=N/O)s1. The van der Waals surface area contributed by atoms with Gasteiger partial charge < -0.3 is 5.21 Å². The molecule has 1 aromatic rings. The first-order chi connectivity index (χ1) is 8.30. The lowest BCUT2D eigenvalue weighted by Gasteiger charge is -1.98.